The Morgan fingerprint density at radius 1 is 1.07 bits per heavy atom. The molecule has 0 spiro atoms. The molecular weight excluding hydrogens is 396 g/mol. The lowest BCUT2D eigenvalue weighted by atomic mass is 10.1. The van der Waals surface area contributed by atoms with Crippen LogP contribution in [0.1, 0.15) is 33.6 Å². The first-order valence-corrected chi connectivity index (χ1v) is 9.62. The van der Waals surface area contributed by atoms with Crippen LogP contribution in [0.5, 0.6) is 0 Å². The highest BCUT2D eigenvalue weighted by Gasteiger charge is 2.37. The van der Waals surface area contributed by atoms with Crippen molar-refractivity contribution in [2.75, 3.05) is 13.2 Å². The van der Waals surface area contributed by atoms with E-state index in [1.165, 1.54) is 17.0 Å². The summed E-state index contributed by atoms with van der Waals surface area (Å²) in [5.74, 6) is -0.641. The molecule has 0 aliphatic carbocycles. The summed E-state index contributed by atoms with van der Waals surface area (Å²) < 4.78 is 10.9. The Labute approximate surface area is 169 Å². The largest absolute Gasteiger partial charge is 0.403 e. The molecule has 1 atom stereocenters. The monoisotopic (exact) mass is 410 g/mol. The Morgan fingerprint density at radius 3 is 2.69 bits per heavy atom. The van der Waals surface area contributed by atoms with E-state index in [2.05, 4.69) is 4.98 Å². The molecule has 146 valence electrons. The summed E-state index contributed by atoms with van der Waals surface area (Å²) in [5.41, 5.74) is 0.898. The highest BCUT2D eigenvalue weighted by Crippen LogP contribution is 2.29. The average Bonchev–Trinajstić information content (AvgIpc) is 3.31. The molecule has 5 rings (SSSR count). The van der Waals surface area contributed by atoms with Gasteiger partial charge in [-0.25, -0.2) is 9.78 Å². The number of halogens is 1. The molecule has 7 nitrogen and oxygen atoms in total. The van der Waals surface area contributed by atoms with Gasteiger partial charge < -0.3 is 9.15 Å². The van der Waals surface area contributed by atoms with Crippen molar-refractivity contribution in [2.45, 2.75) is 18.9 Å². The normalized spacial score (nSPS) is 18.7. The molecule has 29 heavy (non-hydrogen) atoms. The number of ether oxygens (including phenoxy) is 1. The number of hydrogen-bond acceptors (Lipinski definition) is 6. The van der Waals surface area contributed by atoms with Crippen LogP contribution in [0.15, 0.2) is 45.6 Å². The molecule has 0 unspecified atom stereocenters. The van der Waals surface area contributed by atoms with Gasteiger partial charge in [-0.2, -0.15) is 0 Å². The SMILES string of the molecule is O=C1c2ccc(-c3nc4ccc(Cl)cc4c(=O)o3)cc2C(=O)N1C[C@H]1CCCO1. The molecule has 0 radical (unpaired) electrons. The van der Waals surface area contributed by atoms with Crippen LogP contribution in [0.2, 0.25) is 5.02 Å². The van der Waals surface area contributed by atoms with Gasteiger partial charge >= 0.3 is 5.63 Å². The fourth-order valence-corrected chi connectivity index (χ4v) is 3.92. The van der Waals surface area contributed by atoms with E-state index >= 15 is 0 Å². The number of fused-ring (bicyclic) bond motifs is 2. The minimum absolute atomic E-state index is 0.0745. The summed E-state index contributed by atoms with van der Waals surface area (Å²) >= 11 is 5.92. The van der Waals surface area contributed by atoms with E-state index in [1.54, 1.807) is 24.3 Å². The highest BCUT2D eigenvalue weighted by atomic mass is 35.5. The number of hydrogen-bond donors (Lipinski definition) is 0. The molecule has 2 aromatic carbocycles. The maximum atomic E-state index is 12.8. The fourth-order valence-electron chi connectivity index (χ4n) is 3.75. The van der Waals surface area contributed by atoms with Crippen molar-refractivity contribution in [3.05, 3.63) is 63.0 Å². The van der Waals surface area contributed by atoms with Crippen LogP contribution in [0.25, 0.3) is 22.4 Å². The lowest BCUT2D eigenvalue weighted by Gasteiger charge is -2.17. The van der Waals surface area contributed by atoms with Gasteiger partial charge in [-0.3, -0.25) is 14.5 Å². The van der Waals surface area contributed by atoms with Crippen molar-refractivity contribution in [1.82, 2.24) is 9.88 Å². The van der Waals surface area contributed by atoms with Gasteiger partial charge in [-0.15, -0.1) is 0 Å². The molecule has 3 heterocycles. The molecule has 0 bridgehead atoms. The molecule has 0 N–H and O–H groups in total. The van der Waals surface area contributed by atoms with E-state index in [-0.39, 0.29) is 41.3 Å². The van der Waals surface area contributed by atoms with Crippen molar-refractivity contribution >= 4 is 34.3 Å². The first-order valence-electron chi connectivity index (χ1n) is 9.24. The summed E-state index contributed by atoms with van der Waals surface area (Å²) in [6.07, 6.45) is 1.63. The summed E-state index contributed by atoms with van der Waals surface area (Å²) in [6, 6.07) is 9.48. The van der Waals surface area contributed by atoms with Gasteiger partial charge in [-0.1, -0.05) is 11.6 Å². The van der Waals surface area contributed by atoms with Gasteiger partial charge in [0.1, 0.15) is 0 Å². The Hall–Kier alpha value is -3.03. The standard InChI is InChI=1S/C21H15ClN2O5/c22-12-4-6-17-16(9-12)21(27)29-18(23-17)11-3-5-14-15(8-11)20(26)24(19(14)25)10-13-2-1-7-28-13/h3-6,8-9,13H,1-2,7,10H2/t13-/m1/s1. The number of carbonyl (C=O) groups is 2. The molecule has 1 saturated heterocycles. The molecule has 2 aliphatic rings. The number of amides is 2. The molecule has 2 amide bonds. The molecule has 3 aromatic rings. The Balaban J connectivity index is 1.52. The van der Waals surface area contributed by atoms with Gasteiger partial charge in [0.2, 0.25) is 5.89 Å². The zero-order chi connectivity index (χ0) is 20.1. The molecule has 0 saturated carbocycles. The van der Waals surface area contributed by atoms with Crippen molar-refractivity contribution in [3.63, 3.8) is 0 Å². The second-order valence-corrected chi connectivity index (χ2v) is 7.52. The van der Waals surface area contributed by atoms with Gasteiger partial charge in [0, 0.05) is 17.2 Å². The van der Waals surface area contributed by atoms with Crippen LogP contribution in [0, 0.1) is 0 Å². The maximum Gasteiger partial charge on any atom is 0.347 e. The van der Waals surface area contributed by atoms with Crippen LogP contribution < -0.4 is 5.63 Å². The Kier molecular flexibility index (Phi) is 4.22. The molecule has 1 aromatic heterocycles. The van der Waals surface area contributed by atoms with Crippen LogP contribution in [0.3, 0.4) is 0 Å². The topological polar surface area (TPSA) is 89.7 Å². The number of benzene rings is 2. The lowest BCUT2D eigenvalue weighted by Crippen LogP contribution is -2.36. The second kappa shape index (κ2) is 6.79. The third-order valence-electron chi connectivity index (χ3n) is 5.22. The maximum absolute atomic E-state index is 12.8. The van der Waals surface area contributed by atoms with E-state index in [0.29, 0.717) is 28.3 Å². The van der Waals surface area contributed by atoms with Crippen molar-refractivity contribution in [1.29, 1.82) is 0 Å². The first kappa shape index (κ1) is 18.0. The zero-order valence-corrected chi connectivity index (χ0v) is 15.9. The van der Waals surface area contributed by atoms with Gasteiger partial charge in [0.05, 0.1) is 34.7 Å². The third-order valence-corrected chi connectivity index (χ3v) is 5.45. The van der Waals surface area contributed by atoms with Gasteiger partial charge in [0.25, 0.3) is 11.8 Å². The molecule has 1 fully saturated rings. The molecular formula is C21H15ClN2O5. The number of aromatic nitrogens is 1. The predicted molar refractivity (Wildman–Crippen MR) is 105 cm³/mol. The summed E-state index contributed by atoms with van der Waals surface area (Å²) in [5, 5.41) is 0.684. The van der Waals surface area contributed by atoms with Crippen LogP contribution in [0.4, 0.5) is 0 Å². The van der Waals surface area contributed by atoms with Crippen LogP contribution >= 0.6 is 11.6 Å². The lowest BCUT2D eigenvalue weighted by molar-refractivity contribution is 0.0475. The number of carbonyl (C=O) groups excluding carboxylic acids is 2. The Morgan fingerprint density at radius 2 is 1.90 bits per heavy atom. The second-order valence-electron chi connectivity index (χ2n) is 7.08. The summed E-state index contributed by atoms with van der Waals surface area (Å²) in [7, 11) is 0. The third kappa shape index (κ3) is 3.03. The minimum Gasteiger partial charge on any atom is -0.403 e. The smallest absolute Gasteiger partial charge is 0.347 e. The summed E-state index contributed by atoms with van der Waals surface area (Å²) in [6.45, 7) is 0.890. The van der Waals surface area contributed by atoms with Crippen LogP contribution in [-0.4, -0.2) is 41.0 Å². The number of imide groups is 1. The fraction of sp³-hybridized carbons (Fsp3) is 0.238. The van der Waals surface area contributed by atoms with Crippen molar-refractivity contribution in [2.24, 2.45) is 0 Å². The molecule has 8 heteroatoms. The van der Waals surface area contributed by atoms with Crippen LogP contribution in [-0.2, 0) is 4.74 Å². The highest BCUT2D eigenvalue weighted by molar-refractivity contribution is 6.31. The minimum atomic E-state index is -0.574. The first-order chi connectivity index (χ1) is 14.0. The van der Waals surface area contributed by atoms with E-state index < -0.39 is 5.63 Å². The van der Waals surface area contributed by atoms with E-state index in [9.17, 15) is 14.4 Å². The average molecular weight is 411 g/mol. The Bertz CT molecular complexity index is 1230. The quantitative estimate of drug-likeness (QED) is 0.615. The molecule has 2 aliphatic heterocycles. The van der Waals surface area contributed by atoms with E-state index in [4.69, 9.17) is 20.8 Å². The van der Waals surface area contributed by atoms with Crippen molar-refractivity contribution in [3.8, 4) is 11.5 Å². The van der Waals surface area contributed by atoms with Gasteiger partial charge in [0.15, 0.2) is 0 Å². The van der Waals surface area contributed by atoms with E-state index in [1.807, 2.05) is 0 Å². The number of nitrogens with zero attached hydrogens (tertiary/aromatic N) is 2. The predicted octanol–water partition coefficient (Wildman–Crippen LogP) is 3.28. The van der Waals surface area contributed by atoms with Gasteiger partial charge in [-0.05, 0) is 49.2 Å². The zero-order valence-electron chi connectivity index (χ0n) is 15.2. The summed E-state index contributed by atoms with van der Waals surface area (Å²) in [4.78, 5) is 43.4. The van der Waals surface area contributed by atoms with E-state index in [0.717, 1.165) is 12.8 Å². The number of rotatable bonds is 3. The van der Waals surface area contributed by atoms with Crippen molar-refractivity contribution < 1.29 is 18.7 Å².